The number of aromatic amines is 1. The second-order valence-corrected chi connectivity index (χ2v) is 12.5. The molecule has 0 saturated carbocycles. The molecule has 0 amide bonds. The van der Waals surface area contributed by atoms with Crippen LogP contribution in [0.15, 0.2) is 70.5 Å². The summed E-state index contributed by atoms with van der Waals surface area (Å²) < 4.78 is 37.1. The molecule has 0 atom stereocenters. The Morgan fingerprint density at radius 2 is 1.50 bits per heavy atom. The molecule has 3 aromatic heterocycles. The number of hydrogen-bond acceptors (Lipinski definition) is 12. The van der Waals surface area contributed by atoms with Gasteiger partial charge in [-0.3, -0.25) is 14.4 Å². The highest BCUT2D eigenvalue weighted by Gasteiger charge is 2.25. The number of rotatable bonds is 5. The number of nitrogens with one attached hydrogen (secondary N) is 1. The molecule has 0 spiro atoms. The first kappa shape index (κ1) is 39.3. The fraction of sp³-hybridized carbons (Fsp3) is 0.225. The molecule has 4 aromatic carbocycles. The van der Waals surface area contributed by atoms with Crippen LogP contribution in [-0.2, 0) is 22.6 Å². The monoisotopic (exact) mass is 782 g/mol. The summed E-state index contributed by atoms with van der Waals surface area (Å²) in [5, 5.41) is 3.08. The number of fused-ring (bicyclic) bond motifs is 10. The highest BCUT2D eigenvalue weighted by atomic mass is 35.5. The largest absolute Gasteiger partial charge is 0.497 e. The minimum absolute atomic E-state index is 0.127. The van der Waals surface area contributed by atoms with Crippen molar-refractivity contribution in [2.75, 3.05) is 48.7 Å². The molecule has 2 aliphatic heterocycles. The molecule has 9 rings (SSSR count). The quantitative estimate of drug-likeness (QED) is 0.145. The van der Waals surface area contributed by atoms with Gasteiger partial charge in [0.15, 0.2) is 23.9 Å². The van der Waals surface area contributed by atoms with E-state index in [4.69, 9.17) is 45.0 Å². The Kier molecular flexibility index (Phi) is 11.9. The molecule has 7 aromatic rings. The number of benzene rings is 4. The molecule has 56 heavy (non-hydrogen) atoms. The minimum atomic E-state index is -0.377. The zero-order chi connectivity index (χ0) is 40.1. The van der Waals surface area contributed by atoms with Crippen LogP contribution in [0, 0.1) is 0 Å². The maximum absolute atomic E-state index is 12.6. The molecule has 0 saturated heterocycles. The van der Waals surface area contributed by atoms with Crippen LogP contribution in [0.2, 0.25) is 5.02 Å². The molecule has 4 bridgehead atoms. The van der Waals surface area contributed by atoms with Crippen molar-refractivity contribution in [3.63, 3.8) is 0 Å². The Balaban J connectivity index is 0.00000102. The van der Waals surface area contributed by atoms with Gasteiger partial charge in [-0.15, -0.1) is 0 Å². The van der Waals surface area contributed by atoms with Crippen molar-refractivity contribution in [2.24, 2.45) is 5.73 Å². The predicted molar refractivity (Wildman–Crippen MR) is 213 cm³/mol. The van der Waals surface area contributed by atoms with Crippen molar-refractivity contribution >= 4 is 63.0 Å². The van der Waals surface area contributed by atoms with Gasteiger partial charge in [0.25, 0.3) is 5.56 Å². The second kappa shape index (κ2) is 16.9. The fourth-order valence-corrected chi connectivity index (χ4v) is 6.81. The first-order valence-corrected chi connectivity index (χ1v) is 17.6. The van der Waals surface area contributed by atoms with Crippen molar-refractivity contribution in [1.82, 2.24) is 24.3 Å². The number of hydrogen-bond donors (Lipinski definition) is 2. The van der Waals surface area contributed by atoms with Crippen LogP contribution >= 0.6 is 11.6 Å². The normalized spacial score (nSPS) is 12.2. The average molecular weight is 783 g/mol. The Hall–Kier alpha value is -6.42. The topological polar surface area (TPSA) is 188 Å². The second-order valence-electron chi connectivity index (χ2n) is 12.1. The van der Waals surface area contributed by atoms with E-state index in [2.05, 4.69) is 22.2 Å². The first-order chi connectivity index (χ1) is 27.3. The SMILES string of the molecule is C=C(OC)c1cc(Cl)c2cc1-c1nc3c4o[nH]c(=O)c4ccc3n1CCn1c(nc3c(OC)c(C=O)ccc31)-c1ccc(cc1C=O)OCCO2.CN.COC. The number of H-pyrrole nitrogens is 1. The number of aromatic nitrogens is 5. The zero-order valence-electron chi connectivity index (χ0n) is 31.3. The molecule has 0 fully saturated rings. The molecule has 2 aliphatic rings. The van der Waals surface area contributed by atoms with Gasteiger partial charge in [-0.25, -0.2) is 9.97 Å². The van der Waals surface area contributed by atoms with Crippen LogP contribution in [0.1, 0.15) is 26.3 Å². The lowest BCUT2D eigenvalue weighted by atomic mass is 10.0. The first-order valence-electron chi connectivity index (χ1n) is 17.2. The van der Waals surface area contributed by atoms with E-state index in [9.17, 15) is 14.4 Å². The van der Waals surface area contributed by atoms with Gasteiger partial charge in [0.05, 0.1) is 41.2 Å². The lowest BCUT2D eigenvalue weighted by Crippen LogP contribution is -2.11. The number of ether oxygens (including phenoxy) is 5. The van der Waals surface area contributed by atoms with E-state index in [-0.39, 0.29) is 18.8 Å². The van der Waals surface area contributed by atoms with E-state index in [1.54, 1.807) is 62.8 Å². The van der Waals surface area contributed by atoms with Gasteiger partial charge in [-0.05, 0) is 61.6 Å². The molecular weight excluding hydrogens is 744 g/mol. The maximum Gasteiger partial charge on any atom is 0.287 e. The number of methoxy groups -OCH3 is 3. The summed E-state index contributed by atoms with van der Waals surface area (Å²) in [6, 6.07) is 15.6. The summed E-state index contributed by atoms with van der Waals surface area (Å²) in [4.78, 5) is 47.0. The van der Waals surface area contributed by atoms with Crippen molar-refractivity contribution in [1.29, 1.82) is 0 Å². The van der Waals surface area contributed by atoms with E-state index in [0.717, 1.165) is 6.29 Å². The van der Waals surface area contributed by atoms with Crippen LogP contribution < -0.4 is 25.5 Å². The highest BCUT2D eigenvalue weighted by Crippen LogP contribution is 2.40. The molecular formula is C40H39ClN6O9. The standard InChI is InChI=1S/C37H28ClN5O8.C2H6O.CH5N/c1-19(47-2)25-15-27(38)30-16-26(25)36-40-32-29(9-7-24-34(32)51-41-37(24)46)43(36)11-10-42-28-8-4-20(17-44)33(48-3)31(28)39-35(42)23-6-5-22(14-21(23)18-45)49-12-13-50-30;1-3-2;1-2/h4-9,14-18H,1,10-13H2,2-3H3,(H,41,46);1-2H3;2H2,1H3. The molecule has 0 aliphatic carbocycles. The molecule has 0 unspecified atom stereocenters. The van der Waals surface area contributed by atoms with Crippen LogP contribution in [0.4, 0.5) is 0 Å². The van der Waals surface area contributed by atoms with Gasteiger partial charge in [0.1, 0.15) is 53.2 Å². The maximum atomic E-state index is 12.6. The molecule has 290 valence electrons. The van der Waals surface area contributed by atoms with Crippen LogP contribution in [0.5, 0.6) is 17.2 Å². The molecule has 16 heteroatoms. The third kappa shape index (κ3) is 6.98. The van der Waals surface area contributed by atoms with Gasteiger partial charge >= 0.3 is 0 Å². The minimum Gasteiger partial charge on any atom is -0.497 e. The van der Waals surface area contributed by atoms with Crippen molar-refractivity contribution in [2.45, 2.75) is 13.1 Å². The van der Waals surface area contributed by atoms with Crippen molar-refractivity contribution < 1.29 is 37.8 Å². The Labute approximate surface area is 325 Å². The number of imidazole rings is 2. The van der Waals surface area contributed by atoms with E-state index in [1.165, 1.54) is 21.3 Å². The number of halogens is 1. The number of carbonyl (C=O) groups is 2. The van der Waals surface area contributed by atoms with Crippen LogP contribution in [-0.4, -0.2) is 85.5 Å². The van der Waals surface area contributed by atoms with Crippen LogP contribution in [0.25, 0.3) is 61.6 Å². The lowest BCUT2D eigenvalue weighted by Gasteiger charge is -2.17. The molecule has 5 heterocycles. The lowest BCUT2D eigenvalue weighted by molar-refractivity contribution is 0.111. The number of aryl methyl sites for hydroxylation is 2. The van der Waals surface area contributed by atoms with Gasteiger partial charge in [0, 0.05) is 49.6 Å². The van der Waals surface area contributed by atoms with Crippen molar-refractivity contribution in [3.8, 4) is 40.0 Å². The van der Waals surface area contributed by atoms with Gasteiger partial charge in [-0.2, -0.15) is 5.16 Å². The van der Waals surface area contributed by atoms with E-state index >= 15 is 0 Å². The molecule has 3 N–H and O–H groups in total. The smallest absolute Gasteiger partial charge is 0.287 e. The fourth-order valence-electron chi connectivity index (χ4n) is 6.59. The predicted octanol–water partition coefficient (Wildman–Crippen LogP) is 6.37. The Morgan fingerprint density at radius 1 is 0.857 bits per heavy atom. The van der Waals surface area contributed by atoms with E-state index in [1.807, 2.05) is 15.2 Å². The van der Waals surface area contributed by atoms with Gasteiger partial charge in [0.2, 0.25) is 0 Å². The third-order valence-corrected chi connectivity index (χ3v) is 9.30. The van der Waals surface area contributed by atoms with Gasteiger partial charge < -0.3 is 43.1 Å². The summed E-state index contributed by atoms with van der Waals surface area (Å²) in [5.74, 6) is 2.45. The Morgan fingerprint density at radius 3 is 2.18 bits per heavy atom. The van der Waals surface area contributed by atoms with E-state index < -0.39 is 0 Å². The zero-order valence-corrected chi connectivity index (χ0v) is 32.1. The number of carbonyl (C=O) groups excluding carboxylic acids is 2. The highest BCUT2D eigenvalue weighted by molar-refractivity contribution is 6.32. The number of aldehydes is 2. The third-order valence-electron chi connectivity index (χ3n) is 9.01. The van der Waals surface area contributed by atoms with Gasteiger partial charge in [-0.1, -0.05) is 18.2 Å². The number of nitrogens with zero attached hydrogens (tertiary/aromatic N) is 4. The summed E-state index contributed by atoms with van der Waals surface area (Å²) in [6.45, 7) is 4.98. The number of nitrogens with two attached hydrogens (primary N) is 1. The summed E-state index contributed by atoms with van der Waals surface area (Å²) in [7, 11) is 7.74. The Bertz CT molecular complexity index is 2660. The summed E-state index contributed by atoms with van der Waals surface area (Å²) in [5.41, 5.74) is 9.05. The van der Waals surface area contributed by atoms with E-state index in [0.29, 0.717) is 120 Å². The van der Waals surface area contributed by atoms with Crippen LogP contribution in [0.3, 0.4) is 0 Å². The van der Waals surface area contributed by atoms with Crippen molar-refractivity contribution in [3.05, 3.63) is 93.2 Å². The average Bonchev–Trinajstić information content (AvgIpc) is 3.91. The molecule has 0 radical (unpaired) electrons. The summed E-state index contributed by atoms with van der Waals surface area (Å²) in [6.07, 6.45) is 1.46. The molecule has 15 nitrogen and oxygen atoms in total. The summed E-state index contributed by atoms with van der Waals surface area (Å²) >= 11 is 6.74.